The first kappa shape index (κ1) is 23.9. The average Bonchev–Trinajstić information content (AvgIpc) is 2.58. The Morgan fingerprint density at radius 2 is 1.70 bits per heavy atom. The van der Waals surface area contributed by atoms with Crippen LogP contribution in [0.2, 0.25) is 0 Å². The van der Waals surface area contributed by atoms with E-state index in [1.165, 1.54) is 16.7 Å². The SMILES string of the molecule is CC(C)=CCCC(C)(O)C1CC=C(CO)CCC=C(C)CCC=C(C)CC1. The molecule has 0 bridgehead atoms. The Labute approximate surface area is 167 Å². The van der Waals surface area contributed by atoms with Gasteiger partial charge in [-0.15, -0.1) is 0 Å². The first-order chi connectivity index (χ1) is 12.7. The summed E-state index contributed by atoms with van der Waals surface area (Å²) in [6.07, 6.45) is 17.8. The van der Waals surface area contributed by atoms with Crippen molar-refractivity contribution in [2.24, 2.45) is 5.92 Å². The fourth-order valence-corrected chi connectivity index (χ4v) is 3.75. The van der Waals surface area contributed by atoms with Crippen molar-refractivity contribution in [2.45, 2.75) is 98.0 Å². The molecule has 0 aliphatic heterocycles. The standard InChI is InChI=1S/C25H42O2/c1-20(2)9-8-18-25(5,27)24-16-14-22(4)11-6-10-21(3)12-7-13-23(19-26)15-17-24/h9,11-12,15,24,26-27H,6-8,10,13-14,16-19H2,1-5H3. The van der Waals surface area contributed by atoms with Gasteiger partial charge in [-0.25, -0.2) is 0 Å². The van der Waals surface area contributed by atoms with E-state index < -0.39 is 5.60 Å². The van der Waals surface area contributed by atoms with Crippen molar-refractivity contribution in [1.82, 2.24) is 0 Å². The van der Waals surface area contributed by atoms with Gasteiger partial charge in [0.15, 0.2) is 0 Å². The predicted molar refractivity (Wildman–Crippen MR) is 118 cm³/mol. The molecule has 1 rings (SSSR count). The summed E-state index contributed by atoms with van der Waals surface area (Å²) in [6.45, 7) is 10.8. The van der Waals surface area contributed by atoms with Crippen molar-refractivity contribution in [1.29, 1.82) is 0 Å². The van der Waals surface area contributed by atoms with Crippen molar-refractivity contribution in [3.05, 3.63) is 46.6 Å². The molecule has 2 nitrogen and oxygen atoms in total. The summed E-state index contributed by atoms with van der Waals surface area (Å²) in [5.74, 6) is 0.216. The predicted octanol–water partition coefficient (Wildman–Crippen LogP) is 6.66. The van der Waals surface area contributed by atoms with Crippen molar-refractivity contribution < 1.29 is 10.2 Å². The number of hydrogen-bond donors (Lipinski definition) is 2. The van der Waals surface area contributed by atoms with Crippen LogP contribution in [-0.4, -0.2) is 22.4 Å². The number of aliphatic hydroxyl groups excluding tert-OH is 1. The van der Waals surface area contributed by atoms with Crippen LogP contribution in [0.5, 0.6) is 0 Å². The first-order valence-electron chi connectivity index (χ1n) is 10.7. The van der Waals surface area contributed by atoms with Crippen LogP contribution >= 0.6 is 0 Å². The molecule has 2 unspecified atom stereocenters. The van der Waals surface area contributed by atoms with Crippen LogP contribution in [0.25, 0.3) is 0 Å². The summed E-state index contributed by atoms with van der Waals surface area (Å²) in [5.41, 5.74) is 4.59. The van der Waals surface area contributed by atoms with Gasteiger partial charge in [0.2, 0.25) is 0 Å². The van der Waals surface area contributed by atoms with E-state index in [0.717, 1.165) is 63.4 Å². The second kappa shape index (κ2) is 12.4. The Bertz CT molecular complexity index is 557. The van der Waals surface area contributed by atoms with E-state index >= 15 is 0 Å². The Kier molecular flexibility index (Phi) is 10.9. The Morgan fingerprint density at radius 3 is 2.33 bits per heavy atom. The second-order valence-corrected chi connectivity index (χ2v) is 8.85. The van der Waals surface area contributed by atoms with E-state index in [9.17, 15) is 10.2 Å². The summed E-state index contributed by atoms with van der Waals surface area (Å²) >= 11 is 0. The molecule has 1 aliphatic carbocycles. The summed E-state index contributed by atoms with van der Waals surface area (Å²) in [4.78, 5) is 0. The lowest BCUT2D eigenvalue weighted by Crippen LogP contribution is -2.34. The molecule has 0 amide bonds. The topological polar surface area (TPSA) is 40.5 Å². The van der Waals surface area contributed by atoms with Gasteiger partial charge in [0, 0.05) is 0 Å². The third kappa shape index (κ3) is 10.1. The van der Waals surface area contributed by atoms with Crippen molar-refractivity contribution in [3.8, 4) is 0 Å². The lowest BCUT2D eigenvalue weighted by molar-refractivity contribution is -0.0105. The number of rotatable bonds is 5. The zero-order valence-electron chi connectivity index (χ0n) is 18.4. The van der Waals surface area contributed by atoms with E-state index in [4.69, 9.17) is 0 Å². The van der Waals surface area contributed by atoms with Crippen LogP contribution < -0.4 is 0 Å². The molecular formula is C25H42O2. The maximum Gasteiger partial charge on any atom is 0.0653 e. The summed E-state index contributed by atoms with van der Waals surface area (Å²) in [5, 5.41) is 20.9. The van der Waals surface area contributed by atoms with Gasteiger partial charge >= 0.3 is 0 Å². The van der Waals surface area contributed by atoms with Crippen LogP contribution in [0.1, 0.15) is 92.4 Å². The minimum Gasteiger partial charge on any atom is -0.392 e. The van der Waals surface area contributed by atoms with E-state index in [-0.39, 0.29) is 12.5 Å². The van der Waals surface area contributed by atoms with Gasteiger partial charge in [-0.3, -0.25) is 0 Å². The Morgan fingerprint density at radius 1 is 1.07 bits per heavy atom. The van der Waals surface area contributed by atoms with E-state index in [2.05, 4.69) is 52.0 Å². The van der Waals surface area contributed by atoms with E-state index in [0.29, 0.717) is 0 Å². The molecule has 0 saturated heterocycles. The average molecular weight is 375 g/mol. The van der Waals surface area contributed by atoms with Crippen molar-refractivity contribution in [2.75, 3.05) is 6.61 Å². The quantitative estimate of drug-likeness (QED) is 0.528. The van der Waals surface area contributed by atoms with Gasteiger partial charge in [-0.2, -0.15) is 0 Å². The molecule has 0 radical (unpaired) electrons. The summed E-state index contributed by atoms with van der Waals surface area (Å²) < 4.78 is 0. The highest BCUT2D eigenvalue weighted by Crippen LogP contribution is 2.32. The molecule has 2 N–H and O–H groups in total. The van der Waals surface area contributed by atoms with Gasteiger partial charge in [-0.05, 0) is 104 Å². The van der Waals surface area contributed by atoms with Crippen LogP contribution in [0.4, 0.5) is 0 Å². The molecule has 1 aliphatic rings. The fourth-order valence-electron chi connectivity index (χ4n) is 3.75. The summed E-state index contributed by atoms with van der Waals surface area (Å²) in [7, 11) is 0. The van der Waals surface area contributed by atoms with Gasteiger partial charge in [-0.1, -0.05) is 41.0 Å². The zero-order chi connectivity index (χ0) is 20.3. The Hall–Kier alpha value is -1.12. The third-order valence-electron chi connectivity index (χ3n) is 5.85. The normalized spacial score (nSPS) is 22.6. The molecule has 0 heterocycles. The highest BCUT2D eigenvalue weighted by Gasteiger charge is 2.30. The maximum atomic E-state index is 11.2. The fraction of sp³-hybridized carbons (Fsp3) is 0.680. The third-order valence-corrected chi connectivity index (χ3v) is 5.85. The molecule has 0 spiro atoms. The minimum atomic E-state index is -0.684. The minimum absolute atomic E-state index is 0.123. The van der Waals surface area contributed by atoms with Crippen LogP contribution in [0.15, 0.2) is 46.6 Å². The lowest BCUT2D eigenvalue weighted by Gasteiger charge is -2.33. The van der Waals surface area contributed by atoms with Crippen LogP contribution in [-0.2, 0) is 0 Å². The van der Waals surface area contributed by atoms with Gasteiger partial charge < -0.3 is 10.2 Å². The highest BCUT2D eigenvalue weighted by molar-refractivity contribution is 5.09. The second-order valence-electron chi connectivity index (χ2n) is 8.85. The molecule has 0 aromatic carbocycles. The molecule has 2 heteroatoms. The summed E-state index contributed by atoms with van der Waals surface area (Å²) in [6, 6.07) is 0. The molecular weight excluding hydrogens is 332 g/mol. The number of allylic oxidation sites excluding steroid dienone is 7. The van der Waals surface area contributed by atoms with Gasteiger partial charge in [0.25, 0.3) is 0 Å². The van der Waals surface area contributed by atoms with Crippen molar-refractivity contribution >= 4 is 0 Å². The monoisotopic (exact) mass is 374 g/mol. The van der Waals surface area contributed by atoms with Gasteiger partial charge in [0.1, 0.15) is 0 Å². The van der Waals surface area contributed by atoms with E-state index in [1.54, 1.807) is 0 Å². The Balaban J connectivity index is 2.95. The van der Waals surface area contributed by atoms with Crippen molar-refractivity contribution in [3.63, 3.8) is 0 Å². The smallest absolute Gasteiger partial charge is 0.0653 e. The maximum absolute atomic E-state index is 11.2. The molecule has 0 fully saturated rings. The molecule has 0 saturated carbocycles. The van der Waals surface area contributed by atoms with E-state index in [1.807, 2.05) is 6.92 Å². The van der Waals surface area contributed by atoms with Crippen LogP contribution in [0.3, 0.4) is 0 Å². The van der Waals surface area contributed by atoms with Crippen LogP contribution in [0, 0.1) is 5.92 Å². The molecule has 27 heavy (non-hydrogen) atoms. The van der Waals surface area contributed by atoms with Gasteiger partial charge in [0.05, 0.1) is 12.2 Å². The largest absolute Gasteiger partial charge is 0.392 e. The molecule has 2 atom stereocenters. The zero-order valence-corrected chi connectivity index (χ0v) is 18.4. The lowest BCUT2D eigenvalue weighted by atomic mass is 9.78. The number of aliphatic hydroxyl groups is 2. The highest BCUT2D eigenvalue weighted by atomic mass is 16.3. The molecule has 0 aromatic heterocycles. The molecule has 0 aromatic rings. The first-order valence-corrected chi connectivity index (χ1v) is 10.7. The number of hydrogen-bond acceptors (Lipinski definition) is 2. The molecule has 154 valence electrons.